The van der Waals surface area contributed by atoms with Crippen molar-refractivity contribution < 1.29 is 13.8 Å². The Morgan fingerprint density at radius 1 is 0.655 bits per heavy atom. The van der Waals surface area contributed by atoms with E-state index in [1.165, 1.54) is 109 Å². The second-order valence-electron chi connectivity index (χ2n) is 7.94. The zero-order chi connectivity index (χ0) is 21.8. The summed E-state index contributed by atoms with van der Waals surface area (Å²) in [4.78, 5) is 0. The fourth-order valence-corrected chi connectivity index (χ4v) is 3.48. The SMILES string of the molecule is CCCCCCCCCCCCCCCCCCn1cc[n+](C)c1.[Cl][Mn]([Cl])([Cl])[Cl]. The van der Waals surface area contributed by atoms with Gasteiger partial charge in [-0.15, -0.1) is 0 Å². The van der Waals surface area contributed by atoms with Crippen LogP contribution < -0.4 is 4.57 Å². The fourth-order valence-electron chi connectivity index (χ4n) is 3.48. The molecule has 1 heterocycles. The minimum atomic E-state index is -2.74. The Labute approximate surface area is 199 Å². The summed E-state index contributed by atoms with van der Waals surface area (Å²) in [7, 11) is 19.2. The summed E-state index contributed by atoms with van der Waals surface area (Å²) in [5, 5.41) is 0. The van der Waals surface area contributed by atoms with Gasteiger partial charge < -0.3 is 0 Å². The van der Waals surface area contributed by atoms with Crippen molar-refractivity contribution in [3.05, 3.63) is 18.7 Å². The third-order valence-electron chi connectivity index (χ3n) is 5.09. The number of imidazole rings is 1. The van der Waals surface area contributed by atoms with Crippen molar-refractivity contribution in [2.45, 2.75) is 116 Å². The van der Waals surface area contributed by atoms with Crippen LogP contribution in [0.4, 0.5) is 0 Å². The molecule has 0 atom stereocenters. The van der Waals surface area contributed by atoms with Gasteiger partial charge in [-0.25, -0.2) is 9.13 Å². The zero-order valence-corrected chi connectivity index (χ0v) is 22.7. The quantitative estimate of drug-likeness (QED) is 0.107. The molecular formula is C22H43Cl4MnN2+. The molecule has 0 bridgehead atoms. The maximum absolute atomic E-state index is 4.97. The van der Waals surface area contributed by atoms with Crippen LogP contribution >= 0.6 is 40.4 Å². The van der Waals surface area contributed by atoms with Crippen molar-refractivity contribution in [3.8, 4) is 0 Å². The third-order valence-corrected chi connectivity index (χ3v) is 5.09. The van der Waals surface area contributed by atoms with Gasteiger partial charge in [0, 0.05) is 0 Å². The molecule has 0 N–H and O–H groups in total. The van der Waals surface area contributed by atoms with Gasteiger partial charge in [0.25, 0.3) is 0 Å². The number of halogens is 4. The molecule has 7 heteroatoms. The molecule has 29 heavy (non-hydrogen) atoms. The third kappa shape index (κ3) is 26.9. The van der Waals surface area contributed by atoms with E-state index in [9.17, 15) is 0 Å². The van der Waals surface area contributed by atoms with Crippen molar-refractivity contribution in [2.75, 3.05) is 0 Å². The topological polar surface area (TPSA) is 8.81 Å². The molecule has 175 valence electrons. The zero-order valence-electron chi connectivity index (χ0n) is 18.5. The van der Waals surface area contributed by atoms with Crippen LogP contribution in [0.15, 0.2) is 18.7 Å². The summed E-state index contributed by atoms with van der Waals surface area (Å²) in [5.74, 6) is 0. The summed E-state index contributed by atoms with van der Waals surface area (Å²) in [5.41, 5.74) is 0. The first kappa shape index (κ1) is 29.9. The number of rotatable bonds is 17. The maximum atomic E-state index is 4.97. The molecule has 0 aliphatic heterocycles. The molecule has 0 fully saturated rings. The number of hydrogen-bond acceptors (Lipinski definition) is 0. The molecule has 1 aromatic heterocycles. The first-order valence-corrected chi connectivity index (χ1v) is 17.9. The van der Waals surface area contributed by atoms with Gasteiger partial charge in [-0.1, -0.05) is 96.8 Å². The van der Waals surface area contributed by atoms with Gasteiger partial charge in [-0.3, -0.25) is 0 Å². The molecule has 0 spiro atoms. The second-order valence-corrected chi connectivity index (χ2v) is 19.6. The van der Waals surface area contributed by atoms with Crippen molar-refractivity contribution in [3.63, 3.8) is 0 Å². The van der Waals surface area contributed by atoms with E-state index < -0.39 is 9.20 Å². The van der Waals surface area contributed by atoms with Crippen LogP contribution in [0.5, 0.6) is 0 Å². The molecule has 0 amide bonds. The number of unbranched alkanes of at least 4 members (excludes halogenated alkanes) is 15. The molecule has 1 aromatic rings. The Morgan fingerprint density at radius 3 is 1.31 bits per heavy atom. The second kappa shape index (κ2) is 20.8. The molecule has 0 saturated heterocycles. The van der Waals surface area contributed by atoms with Crippen LogP contribution in [0.1, 0.15) is 110 Å². The van der Waals surface area contributed by atoms with Gasteiger partial charge in [0.05, 0.1) is 13.6 Å². The molecule has 0 unspecified atom stereocenters. The van der Waals surface area contributed by atoms with E-state index in [-0.39, 0.29) is 0 Å². The van der Waals surface area contributed by atoms with Crippen LogP contribution in [0.2, 0.25) is 0 Å². The molecule has 1 rings (SSSR count). The standard InChI is InChI=1S/C22H43N2.4ClH.Mn/c1-3-4-5-6-7-8-9-10-11-12-13-14-15-16-17-18-19-24-21-20-23(2)22-24;;;;;/h20-22H,3-19H2,1-2H3;4*1H;/q+1;;;;;+4/p-4. The average molecular weight is 532 g/mol. The van der Waals surface area contributed by atoms with E-state index in [0.717, 1.165) is 0 Å². The number of hydrogen-bond donors (Lipinski definition) is 0. The van der Waals surface area contributed by atoms with Crippen LogP contribution in [0.3, 0.4) is 0 Å². The number of aromatic nitrogens is 2. The Kier molecular flexibility index (Phi) is 21.4. The monoisotopic (exact) mass is 530 g/mol. The fraction of sp³-hybridized carbons (Fsp3) is 0.864. The van der Waals surface area contributed by atoms with Crippen molar-refractivity contribution in [2.24, 2.45) is 7.05 Å². The van der Waals surface area contributed by atoms with Crippen molar-refractivity contribution >= 4 is 40.4 Å². The first-order valence-electron chi connectivity index (χ1n) is 11.4. The van der Waals surface area contributed by atoms with Gasteiger partial charge in [0.2, 0.25) is 6.33 Å². The average Bonchev–Trinajstić information content (AvgIpc) is 3.05. The van der Waals surface area contributed by atoms with E-state index in [0.29, 0.717) is 0 Å². The normalized spacial score (nSPS) is 11.9. The van der Waals surface area contributed by atoms with E-state index in [1.54, 1.807) is 0 Å². The Bertz CT molecular complexity index is 458. The van der Waals surface area contributed by atoms with E-state index in [4.69, 9.17) is 40.4 Å². The van der Waals surface area contributed by atoms with Crippen LogP contribution in [0.25, 0.3) is 0 Å². The van der Waals surface area contributed by atoms with Gasteiger partial charge in [-0.2, -0.15) is 0 Å². The molecule has 0 saturated carbocycles. The van der Waals surface area contributed by atoms with Crippen LogP contribution in [0, 0.1) is 0 Å². The van der Waals surface area contributed by atoms with Gasteiger partial charge in [-0.05, 0) is 12.8 Å². The Balaban J connectivity index is 0.00000139. The number of aryl methyl sites for hydroxylation is 2. The van der Waals surface area contributed by atoms with Crippen LogP contribution in [-0.4, -0.2) is 4.57 Å². The summed E-state index contributed by atoms with van der Waals surface area (Å²) in [6.45, 7) is 3.48. The van der Waals surface area contributed by atoms with Gasteiger partial charge in [0.15, 0.2) is 0 Å². The Morgan fingerprint density at radius 2 is 1.00 bits per heavy atom. The molecular weight excluding hydrogens is 489 g/mol. The summed E-state index contributed by atoms with van der Waals surface area (Å²) in [6, 6.07) is 0. The molecule has 0 aromatic carbocycles. The van der Waals surface area contributed by atoms with Crippen molar-refractivity contribution in [1.82, 2.24) is 4.57 Å². The van der Waals surface area contributed by atoms with E-state index in [2.05, 4.69) is 41.8 Å². The summed E-state index contributed by atoms with van der Waals surface area (Å²) < 4.78 is 4.41. The summed E-state index contributed by atoms with van der Waals surface area (Å²) >= 11 is 0. The van der Waals surface area contributed by atoms with Crippen molar-refractivity contribution in [1.29, 1.82) is 0 Å². The predicted molar refractivity (Wildman–Crippen MR) is 129 cm³/mol. The van der Waals surface area contributed by atoms with E-state index in [1.807, 2.05) is 0 Å². The van der Waals surface area contributed by atoms with E-state index >= 15 is 0 Å². The first-order chi connectivity index (χ1) is 13.8. The summed E-state index contributed by atoms with van der Waals surface area (Å²) in [6.07, 6.45) is 29.5. The van der Waals surface area contributed by atoms with Gasteiger partial charge in [0.1, 0.15) is 12.4 Å². The molecule has 2 nitrogen and oxygen atoms in total. The number of nitrogens with zero attached hydrogens (tertiary/aromatic N) is 2. The molecule has 0 aliphatic carbocycles. The molecule has 0 radical (unpaired) electrons. The van der Waals surface area contributed by atoms with Gasteiger partial charge >= 0.3 is 49.6 Å². The molecule has 0 aliphatic rings. The van der Waals surface area contributed by atoms with Crippen LogP contribution in [-0.2, 0) is 22.8 Å². The Hall–Kier alpha value is 0.889. The predicted octanol–water partition coefficient (Wildman–Crippen LogP) is 9.33. The minimum absolute atomic E-state index is 1.18.